The molecule has 0 amide bonds. The highest BCUT2D eigenvalue weighted by molar-refractivity contribution is 6.98. The monoisotopic (exact) mass is 116 g/mol. The van der Waals surface area contributed by atoms with E-state index in [1.807, 2.05) is 0 Å². The minimum absolute atomic E-state index is 0.946. The van der Waals surface area contributed by atoms with Gasteiger partial charge in [-0.05, 0) is 6.04 Å². The molecule has 0 aliphatic carbocycles. The summed E-state index contributed by atoms with van der Waals surface area (Å²) in [6.45, 7) is 2.06. The summed E-state index contributed by atoms with van der Waals surface area (Å²) in [6.07, 6.45) is 1.08. The van der Waals surface area contributed by atoms with E-state index in [1.165, 1.54) is 0 Å². The molecule has 4 radical (unpaired) electrons. The molecule has 3 heteroatoms. The van der Waals surface area contributed by atoms with Crippen molar-refractivity contribution in [3.8, 4) is 0 Å². The van der Waals surface area contributed by atoms with Crippen LogP contribution in [0, 0.1) is 0 Å². The quantitative estimate of drug-likeness (QED) is 0.505. The van der Waals surface area contributed by atoms with E-state index in [1.54, 1.807) is 0 Å². The largest absolute Gasteiger partial charge is 0.435 e. The Morgan fingerprint density at radius 3 is 2.33 bits per heavy atom. The maximum atomic E-state index is 8.57. The van der Waals surface area contributed by atoms with Crippen molar-refractivity contribution in [2.75, 3.05) is 0 Å². The van der Waals surface area contributed by atoms with Crippen LogP contribution in [0.3, 0.4) is 0 Å². The van der Waals surface area contributed by atoms with Crippen LogP contribution < -0.4 is 0 Å². The van der Waals surface area contributed by atoms with Crippen LogP contribution in [-0.2, 0) is 0 Å². The van der Waals surface area contributed by atoms with Gasteiger partial charge in [0.1, 0.15) is 0 Å². The highest BCUT2D eigenvalue weighted by Crippen LogP contribution is 1.86. The topological polar surface area (TPSA) is 20.2 Å². The summed E-state index contributed by atoms with van der Waals surface area (Å²) in [7, 11) is 2.06. The van der Waals surface area contributed by atoms with Crippen LogP contribution in [0.5, 0.6) is 0 Å². The molecule has 0 aliphatic heterocycles. The third-order valence-electron chi connectivity index (χ3n) is 0.487. The molecule has 0 saturated carbocycles. The van der Waals surface area contributed by atoms with Crippen LogP contribution in [0.25, 0.3) is 0 Å². The summed E-state index contributed by atoms with van der Waals surface area (Å²) in [5, 5.41) is 0. The van der Waals surface area contributed by atoms with Crippen LogP contribution in [0.1, 0.15) is 13.3 Å². The van der Waals surface area contributed by atoms with Gasteiger partial charge in [-0.15, -0.1) is 0 Å². The zero-order valence-corrected chi connectivity index (χ0v) is 5.86. The van der Waals surface area contributed by atoms with Gasteiger partial charge in [0.05, 0.1) is 0 Å². The van der Waals surface area contributed by atoms with E-state index in [-0.39, 0.29) is 0 Å². The Bertz CT molecular complexity index is 30.0. The van der Waals surface area contributed by atoms with Crippen molar-refractivity contribution in [2.45, 2.75) is 19.4 Å². The zero-order valence-electron chi connectivity index (χ0n) is 3.86. The lowest BCUT2D eigenvalue weighted by Gasteiger charge is -1.91. The SMILES string of the molecule is CCC[Si](O)[Si]. The maximum Gasteiger partial charge on any atom is 0.182 e. The molecule has 0 atom stereocenters. The number of hydrogen-bond donors (Lipinski definition) is 1. The lowest BCUT2D eigenvalue weighted by atomic mass is 10.6. The molecule has 0 rings (SSSR count). The second-order valence-electron chi connectivity index (χ2n) is 1.20. The Morgan fingerprint density at radius 1 is 1.83 bits per heavy atom. The van der Waals surface area contributed by atoms with E-state index in [0.29, 0.717) is 0 Å². The Hall–Kier alpha value is 0.394. The lowest BCUT2D eigenvalue weighted by molar-refractivity contribution is 0.589. The van der Waals surface area contributed by atoms with Gasteiger partial charge in [-0.25, -0.2) is 0 Å². The first kappa shape index (κ1) is 6.39. The smallest absolute Gasteiger partial charge is 0.182 e. The van der Waals surface area contributed by atoms with Gasteiger partial charge in [0, 0.05) is 9.76 Å². The second-order valence-corrected chi connectivity index (χ2v) is 4.32. The standard InChI is InChI=1S/C3H8OSi2/c1-2-3-6(4)5/h4H,2-3H2,1H3. The van der Waals surface area contributed by atoms with Crippen molar-refractivity contribution in [1.29, 1.82) is 0 Å². The summed E-state index contributed by atoms with van der Waals surface area (Å²) in [5.41, 5.74) is 0. The van der Waals surface area contributed by atoms with Crippen molar-refractivity contribution in [3.05, 3.63) is 0 Å². The summed E-state index contributed by atoms with van der Waals surface area (Å²) in [6, 6.07) is 0.946. The molecular weight excluding hydrogens is 108 g/mol. The predicted octanol–water partition coefficient (Wildman–Crippen LogP) is 0.0454. The Morgan fingerprint density at radius 2 is 2.33 bits per heavy atom. The van der Waals surface area contributed by atoms with Crippen LogP contribution >= 0.6 is 0 Å². The minimum Gasteiger partial charge on any atom is -0.435 e. The fraction of sp³-hybridized carbons (Fsp3) is 1.00. The van der Waals surface area contributed by atoms with Gasteiger partial charge >= 0.3 is 0 Å². The number of hydrogen-bond acceptors (Lipinski definition) is 1. The first-order chi connectivity index (χ1) is 2.77. The molecule has 0 aromatic heterocycles. The Kier molecular flexibility index (Phi) is 3.81. The highest BCUT2D eigenvalue weighted by atomic mass is 29.2. The van der Waals surface area contributed by atoms with Crippen molar-refractivity contribution in [1.82, 2.24) is 0 Å². The second kappa shape index (κ2) is 3.58. The molecule has 0 aromatic rings. The van der Waals surface area contributed by atoms with Crippen molar-refractivity contribution < 1.29 is 4.80 Å². The fourth-order valence-corrected chi connectivity index (χ4v) is 1.46. The zero-order chi connectivity index (χ0) is 4.99. The van der Waals surface area contributed by atoms with Crippen molar-refractivity contribution in [2.24, 2.45) is 0 Å². The Balaban J connectivity index is 2.63. The molecule has 34 valence electrons. The van der Waals surface area contributed by atoms with E-state index in [2.05, 4.69) is 16.7 Å². The van der Waals surface area contributed by atoms with Crippen LogP contribution in [0.15, 0.2) is 0 Å². The molecule has 1 N–H and O–H groups in total. The van der Waals surface area contributed by atoms with Gasteiger partial charge < -0.3 is 4.80 Å². The van der Waals surface area contributed by atoms with Gasteiger partial charge in [-0.1, -0.05) is 13.3 Å². The van der Waals surface area contributed by atoms with E-state index >= 15 is 0 Å². The van der Waals surface area contributed by atoms with Gasteiger partial charge in [-0.2, -0.15) is 0 Å². The lowest BCUT2D eigenvalue weighted by Crippen LogP contribution is -2.09. The highest BCUT2D eigenvalue weighted by Gasteiger charge is 1.92. The van der Waals surface area contributed by atoms with E-state index < -0.39 is 8.56 Å². The molecular formula is C3H8OSi2. The van der Waals surface area contributed by atoms with Gasteiger partial charge in [0.15, 0.2) is 8.56 Å². The molecule has 1 nitrogen and oxygen atoms in total. The molecule has 0 unspecified atom stereocenters. The molecule has 0 fully saturated rings. The maximum absolute atomic E-state index is 8.57. The average molecular weight is 116 g/mol. The third-order valence-corrected chi connectivity index (χ3v) is 2.21. The average Bonchev–Trinajstić information content (AvgIpc) is 1.35. The fourth-order valence-electron chi connectivity index (χ4n) is 0.237. The summed E-state index contributed by atoms with van der Waals surface area (Å²) >= 11 is 0. The summed E-state index contributed by atoms with van der Waals surface area (Å²) in [5.74, 6) is 0. The molecule has 0 aromatic carbocycles. The first-order valence-electron chi connectivity index (χ1n) is 2.03. The van der Waals surface area contributed by atoms with Gasteiger partial charge in [0.2, 0.25) is 0 Å². The summed E-state index contributed by atoms with van der Waals surface area (Å²) < 4.78 is 0. The van der Waals surface area contributed by atoms with E-state index in [4.69, 9.17) is 4.80 Å². The summed E-state index contributed by atoms with van der Waals surface area (Å²) in [4.78, 5) is 8.57. The molecule has 0 spiro atoms. The van der Waals surface area contributed by atoms with E-state index in [9.17, 15) is 0 Å². The Labute approximate surface area is 43.3 Å². The third kappa shape index (κ3) is 4.39. The van der Waals surface area contributed by atoms with Crippen LogP contribution in [0.4, 0.5) is 0 Å². The van der Waals surface area contributed by atoms with E-state index in [0.717, 1.165) is 12.5 Å². The van der Waals surface area contributed by atoms with Crippen molar-refractivity contribution >= 4 is 18.3 Å². The molecule has 0 saturated heterocycles. The minimum atomic E-state index is -1.08. The van der Waals surface area contributed by atoms with Gasteiger partial charge in [0.25, 0.3) is 0 Å². The first-order valence-corrected chi connectivity index (χ1v) is 5.19. The van der Waals surface area contributed by atoms with Crippen molar-refractivity contribution in [3.63, 3.8) is 0 Å². The molecule has 0 heterocycles. The van der Waals surface area contributed by atoms with Crippen LogP contribution in [-0.4, -0.2) is 23.1 Å². The van der Waals surface area contributed by atoms with Crippen LogP contribution in [0.2, 0.25) is 6.04 Å². The molecule has 0 aliphatic rings. The number of rotatable bonds is 2. The normalized spacial score (nSPS) is 10.0. The molecule has 0 bridgehead atoms. The predicted molar refractivity (Wildman–Crippen MR) is 28.8 cm³/mol. The van der Waals surface area contributed by atoms with Gasteiger partial charge in [-0.3, -0.25) is 0 Å². The molecule has 6 heavy (non-hydrogen) atoms.